The Morgan fingerprint density at radius 3 is 1.95 bits per heavy atom. The zero-order valence-electron chi connectivity index (χ0n) is 21.8. The van der Waals surface area contributed by atoms with E-state index in [-0.39, 0.29) is 28.5 Å². The summed E-state index contributed by atoms with van der Waals surface area (Å²) in [4.78, 5) is 34.3. The Labute approximate surface area is 234 Å². The number of nitrogen functional groups attached to an aromatic ring is 1. The number of aliphatic carboxylic acids is 1. The highest BCUT2D eigenvalue weighted by atomic mass is 19.4. The molecule has 0 heterocycles. The topological polar surface area (TPSA) is 176 Å². The third-order valence-electron chi connectivity index (χ3n) is 5.24. The summed E-state index contributed by atoms with van der Waals surface area (Å²) in [5, 5.41) is 17.5. The van der Waals surface area contributed by atoms with Crippen molar-refractivity contribution >= 4 is 29.3 Å². The number of halogens is 5. The fourth-order valence-electron chi connectivity index (χ4n) is 3.19. The minimum Gasteiger partial charge on any atom is -0.493 e. The average Bonchev–Trinajstić information content (AvgIpc) is 2.94. The molecule has 42 heavy (non-hydrogen) atoms. The number of anilines is 1. The number of carboxylic acids is 1. The van der Waals surface area contributed by atoms with Crippen molar-refractivity contribution in [3.8, 4) is 11.5 Å². The highest BCUT2D eigenvalue weighted by Crippen LogP contribution is 2.34. The van der Waals surface area contributed by atoms with Crippen LogP contribution in [0.4, 0.5) is 27.6 Å². The number of alkyl halides is 3. The largest absolute Gasteiger partial charge is 0.493 e. The van der Waals surface area contributed by atoms with Crippen LogP contribution in [0.2, 0.25) is 0 Å². The van der Waals surface area contributed by atoms with E-state index in [0.717, 1.165) is 12.1 Å². The number of methoxy groups -OCH3 is 2. The second-order valence-electron chi connectivity index (χ2n) is 8.02. The number of hydrogen-bond acceptors (Lipinski definition) is 7. The molecule has 0 radical (unpaired) electrons. The predicted molar refractivity (Wildman–Crippen MR) is 139 cm³/mol. The van der Waals surface area contributed by atoms with Gasteiger partial charge in [-0.1, -0.05) is 12.1 Å². The summed E-state index contributed by atoms with van der Waals surface area (Å²) in [7, 11) is 2.70. The number of hydrogen-bond donors (Lipinski definition) is 6. The Balaban J connectivity index is 0.000000782. The molecule has 0 saturated carbocycles. The van der Waals surface area contributed by atoms with Gasteiger partial charge in [-0.05, 0) is 42.5 Å². The Kier molecular flexibility index (Phi) is 11.2. The number of nitrogens with two attached hydrogens (primary N) is 1. The molecule has 2 amide bonds. The summed E-state index contributed by atoms with van der Waals surface area (Å²) in [6.07, 6.45) is -5.08. The fraction of sp³-hybridized carbons (Fsp3) is 0.154. The van der Waals surface area contributed by atoms with Crippen LogP contribution in [0.15, 0.2) is 60.7 Å². The van der Waals surface area contributed by atoms with Gasteiger partial charge in [0, 0.05) is 22.9 Å². The zero-order valence-corrected chi connectivity index (χ0v) is 21.8. The van der Waals surface area contributed by atoms with Crippen LogP contribution in [0.1, 0.15) is 27.5 Å². The summed E-state index contributed by atoms with van der Waals surface area (Å²) in [6, 6.07) is 12.4. The first-order valence-corrected chi connectivity index (χ1v) is 11.5. The molecule has 16 heteroatoms. The number of carboxylic acid groups (broad SMARTS) is 1. The Morgan fingerprint density at radius 1 is 0.905 bits per heavy atom. The maximum absolute atomic E-state index is 15.0. The van der Waals surface area contributed by atoms with Crippen LogP contribution in [0, 0.1) is 17.0 Å². The number of amides is 2. The average molecular weight is 597 g/mol. The molecule has 0 bridgehead atoms. The molecule has 0 spiro atoms. The number of amidine groups is 1. The van der Waals surface area contributed by atoms with Gasteiger partial charge in [0.2, 0.25) is 0 Å². The molecule has 1 unspecified atom stereocenters. The molecule has 0 aliphatic heterocycles. The third-order valence-corrected chi connectivity index (χ3v) is 5.24. The standard InChI is InChI=1S/C24H23F2N5O4.C2HF3O2/c1-34-19-11-16(18(26)12-20(19)35-2)21(29-14-9-7-13(8-10-14)22(27)28)24(33)31-30-23(32)15-5-3-4-6-17(15)25;3-2(4,5)1(6)7/h3-12,21,29H,1-2H3,(H3,27,28)(H,30,32)(H,31,33);(H,6,7). The lowest BCUT2D eigenvalue weighted by Gasteiger charge is -2.22. The summed E-state index contributed by atoms with van der Waals surface area (Å²) >= 11 is 0. The van der Waals surface area contributed by atoms with Crippen molar-refractivity contribution in [1.82, 2.24) is 10.9 Å². The third kappa shape index (κ3) is 8.80. The van der Waals surface area contributed by atoms with Gasteiger partial charge >= 0.3 is 12.1 Å². The van der Waals surface area contributed by atoms with Gasteiger partial charge in [0.15, 0.2) is 11.5 Å². The molecule has 11 nitrogen and oxygen atoms in total. The maximum Gasteiger partial charge on any atom is 0.490 e. The quantitative estimate of drug-likeness (QED) is 0.0990. The molecule has 3 aromatic carbocycles. The molecule has 0 saturated heterocycles. The lowest BCUT2D eigenvalue weighted by atomic mass is 10.0. The minimum absolute atomic E-state index is 0.115. The van der Waals surface area contributed by atoms with Crippen molar-refractivity contribution in [3.05, 3.63) is 89.0 Å². The molecule has 3 rings (SSSR count). The van der Waals surface area contributed by atoms with Gasteiger partial charge in [-0.3, -0.25) is 25.8 Å². The minimum atomic E-state index is -5.08. The van der Waals surface area contributed by atoms with E-state index in [1.807, 2.05) is 0 Å². The molecular weight excluding hydrogens is 573 g/mol. The zero-order chi connectivity index (χ0) is 31.6. The van der Waals surface area contributed by atoms with E-state index in [4.69, 9.17) is 30.5 Å². The van der Waals surface area contributed by atoms with E-state index in [2.05, 4.69) is 16.2 Å². The second-order valence-corrected chi connectivity index (χ2v) is 8.02. The first kappa shape index (κ1) is 32.8. The normalized spacial score (nSPS) is 11.2. The van der Waals surface area contributed by atoms with Crippen molar-refractivity contribution in [3.63, 3.8) is 0 Å². The fourth-order valence-corrected chi connectivity index (χ4v) is 3.19. The van der Waals surface area contributed by atoms with Crippen molar-refractivity contribution in [2.45, 2.75) is 12.2 Å². The van der Waals surface area contributed by atoms with E-state index in [0.29, 0.717) is 11.3 Å². The number of rotatable bonds is 8. The van der Waals surface area contributed by atoms with Gasteiger partial charge in [0.05, 0.1) is 19.8 Å². The summed E-state index contributed by atoms with van der Waals surface area (Å²) in [5.41, 5.74) is 10.2. The van der Waals surface area contributed by atoms with Crippen molar-refractivity contribution in [1.29, 1.82) is 5.41 Å². The van der Waals surface area contributed by atoms with Crippen LogP contribution in [0.3, 0.4) is 0 Å². The molecule has 1 atom stereocenters. The van der Waals surface area contributed by atoms with Crippen LogP contribution < -0.4 is 31.4 Å². The number of hydrazine groups is 1. The monoisotopic (exact) mass is 597 g/mol. The molecule has 0 fully saturated rings. The molecule has 0 aliphatic rings. The first-order valence-electron chi connectivity index (χ1n) is 11.5. The smallest absolute Gasteiger partial charge is 0.490 e. The van der Waals surface area contributed by atoms with Gasteiger partial charge < -0.3 is 25.6 Å². The molecule has 0 aliphatic carbocycles. The predicted octanol–water partition coefficient (Wildman–Crippen LogP) is 3.51. The van der Waals surface area contributed by atoms with Gasteiger partial charge in [0.25, 0.3) is 11.8 Å². The lowest BCUT2D eigenvalue weighted by molar-refractivity contribution is -0.192. The van der Waals surface area contributed by atoms with Gasteiger partial charge in [0.1, 0.15) is 23.5 Å². The molecule has 0 aromatic heterocycles. The van der Waals surface area contributed by atoms with Crippen LogP contribution in [-0.2, 0) is 9.59 Å². The molecule has 224 valence electrons. The second kappa shape index (κ2) is 14.3. The summed E-state index contributed by atoms with van der Waals surface area (Å²) in [6.45, 7) is 0. The highest BCUT2D eigenvalue weighted by molar-refractivity contribution is 5.97. The van der Waals surface area contributed by atoms with E-state index < -0.39 is 41.6 Å². The van der Waals surface area contributed by atoms with Crippen LogP contribution >= 0.6 is 0 Å². The molecular formula is C26H24F5N5O6. The van der Waals surface area contributed by atoms with Crippen molar-refractivity contribution in [2.75, 3.05) is 19.5 Å². The van der Waals surface area contributed by atoms with E-state index in [1.165, 1.54) is 38.5 Å². The maximum atomic E-state index is 15.0. The number of benzene rings is 3. The lowest BCUT2D eigenvalue weighted by Crippen LogP contribution is -2.45. The Bertz CT molecular complexity index is 1450. The van der Waals surface area contributed by atoms with Gasteiger partial charge in [-0.25, -0.2) is 13.6 Å². The van der Waals surface area contributed by atoms with Crippen LogP contribution in [-0.4, -0.2) is 49.1 Å². The van der Waals surface area contributed by atoms with E-state index >= 15 is 4.39 Å². The number of carbonyl (C=O) groups is 3. The summed E-state index contributed by atoms with van der Waals surface area (Å²) < 4.78 is 71.0. The highest BCUT2D eigenvalue weighted by Gasteiger charge is 2.38. The van der Waals surface area contributed by atoms with Crippen molar-refractivity contribution < 1.29 is 50.9 Å². The SMILES string of the molecule is COc1cc(F)c(C(Nc2ccc(C(=N)N)cc2)C(=O)NNC(=O)c2ccccc2F)cc1OC.O=C(O)C(F)(F)F. The number of carbonyl (C=O) groups excluding carboxylic acids is 2. The van der Waals surface area contributed by atoms with E-state index in [1.54, 1.807) is 24.3 Å². The van der Waals surface area contributed by atoms with E-state index in [9.17, 15) is 27.2 Å². The Morgan fingerprint density at radius 2 is 1.45 bits per heavy atom. The Hall–Kier alpha value is -5.41. The molecule has 7 N–H and O–H groups in total. The summed E-state index contributed by atoms with van der Waals surface area (Å²) in [5.74, 6) is -5.91. The first-order chi connectivity index (χ1) is 19.7. The number of ether oxygens (including phenoxy) is 2. The van der Waals surface area contributed by atoms with Crippen molar-refractivity contribution in [2.24, 2.45) is 5.73 Å². The van der Waals surface area contributed by atoms with Crippen LogP contribution in [0.5, 0.6) is 11.5 Å². The molecule has 3 aromatic rings. The van der Waals surface area contributed by atoms with Gasteiger partial charge in [-0.15, -0.1) is 0 Å². The van der Waals surface area contributed by atoms with Crippen LogP contribution in [0.25, 0.3) is 0 Å². The van der Waals surface area contributed by atoms with Gasteiger partial charge in [-0.2, -0.15) is 13.2 Å². The number of nitrogens with one attached hydrogen (secondary N) is 4.